The van der Waals surface area contributed by atoms with Crippen LogP contribution in [-0.4, -0.2) is 19.2 Å². The summed E-state index contributed by atoms with van der Waals surface area (Å²) in [5, 5.41) is 4.39. The van der Waals surface area contributed by atoms with Gasteiger partial charge in [-0.1, -0.05) is 37.0 Å². The first kappa shape index (κ1) is 13.0. The molecule has 2 unspecified atom stereocenters. The molecule has 1 aromatic rings. The van der Waals surface area contributed by atoms with Crippen molar-refractivity contribution in [3.05, 3.63) is 28.2 Å². The average molecular weight is 274 g/mol. The first-order chi connectivity index (χ1) is 7.95. The summed E-state index contributed by atoms with van der Waals surface area (Å²) >= 11 is 11.8. The molecule has 0 radical (unpaired) electrons. The number of hydrogen-bond donors (Lipinski definition) is 1. The van der Waals surface area contributed by atoms with Gasteiger partial charge in [-0.05, 0) is 19.2 Å². The van der Waals surface area contributed by atoms with Crippen molar-refractivity contribution in [2.24, 2.45) is 5.41 Å². The van der Waals surface area contributed by atoms with Gasteiger partial charge in [0.1, 0.15) is 11.9 Å². The van der Waals surface area contributed by atoms with Gasteiger partial charge in [-0.15, -0.1) is 0 Å². The molecule has 1 saturated carbocycles. The molecule has 2 nitrogen and oxygen atoms in total. The number of ether oxygens (including phenoxy) is 1. The third kappa shape index (κ3) is 2.40. The first-order valence-electron chi connectivity index (χ1n) is 5.74. The molecule has 2 atom stereocenters. The van der Waals surface area contributed by atoms with Gasteiger partial charge in [0.2, 0.25) is 0 Å². The van der Waals surface area contributed by atoms with Crippen LogP contribution in [0.4, 0.5) is 0 Å². The van der Waals surface area contributed by atoms with Gasteiger partial charge < -0.3 is 10.1 Å². The van der Waals surface area contributed by atoms with Crippen LogP contribution in [0.5, 0.6) is 5.75 Å². The quantitative estimate of drug-likeness (QED) is 0.906. The fourth-order valence-corrected chi connectivity index (χ4v) is 2.58. The fourth-order valence-electron chi connectivity index (χ4n) is 2.29. The standard InChI is InChI=1S/C13H17Cl2NO/c1-13(2)11(16-3)7-12(13)17-8-4-5-9(14)10(15)6-8/h4-6,11-12,16H,7H2,1-3H3. The zero-order chi connectivity index (χ0) is 12.6. The molecular weight excluding hydrogens is 257 g/mol. The third-order valence-electron chi connectivity index (χ3n) is 3.70. The largest absolute Gasteiger partial charge is 0.490 e. The van der Waals surface area contributed by atoms with Crippen molar-refractivity contribution in [3.8, 4) is 5.75 Å². The van der Waals surface area contributed by atoms with Crippen molar-refractivity contribution in [1.29, 1.82) is 0 Å². The maximum atomic E-state index is 5.96. The summed E-state index contributed by atoms with van der Waals surface area (Å²) in [6, 6.07) is 5.90. The lowest BCUT2D eigenvalue weighted by Gasteiger charge is -2.51. The molecule has 0 bridgehead atoms. The highest BCUT2D eigenvalue weighted by Crippen LogP contribution is 2.43. The maximum Gasteiger partial charge on any atom is 0.121 e. The van der Waals surface area contributed by atoms with Crippen LogP contribution in [0.3, 0.4) is 0 Å². The van der Waals surface area contributed by atoms with E-state index >= 15 is 0 Å². The second-order valence-corrected chi connectivity index (χ2v) is 5.90. The van der Waals surface area contributed by atoms with Crippen LogP contribution in [0.1, 0.15) is 20.3 Å². The van der Waals surface area contributed by atoms with Crippen LogP contribution in [-0.2, 0) is 0 Å². The first-order valence-corrected chi connectivity index (χ1v) is 6.49. The number of hydrogen-bond acceptors (Lipinski definition) is 2. The Labute approximate surface area is 112 Å². The minimum atomic E-state index is 0.140. The molecule has 0 heterocycles. The van der Waals surface area contributed by atoms with Gasteiger partial charge in [-0.3, -0.25) is 0 Å². The molecule has 0 saturated heterocycles. The summed E-state index contributed by atoms with van der Waals surface area (Å²) in [6.45, 7) is 4.42. The smallest absolute Gasteiger partial charge is 0.121 e. The minimum absolute atomic E-state index is 0.140. The van der Waals surface area contributed by atoms with E-state index in [9.17, 15) is 0 Å². The second kappa shape index (κ2) is 4.68. The number of nitrogens with one attached hydrogen (secondary N) is 1. The van der Waals surface area contributed by atoms with Gasteiger partial charge in [-0.25, -0.2) is 0 Å². The Hall–Kier alpha value is -0.440. The minimum Gasteiger partial charge on any atom is -0.490 e. The van der Waals surface area contributed by atoms with Crippen molar-refractivity contribution in [2.75, 3.05) is 7.05 Å². The van der Waals surface area contributed by atoms with E-state index < -0.39 is 0 Å². The normalized spacial score (nSPS) is 26.4. The SMILES string of the molecule is CNC1CC(Oc2ccc(Cl)c(Cl)c2)C1(C)C. The van der Waals surface area contributed by atoms with E-state index in [0.29, 0.717) is 16.1 Å². The highest BCUT2D eigenvalue weighted by molar-refractivity contribution is 6.42. The lowest BCUT2D eigenvalue weighted by molar-refractivity contribution is -0.0520. The van der Waals surface area contributed by atoms with E-state index in [1.165, 1.54) is 0 Å². The van der Waals surface area contributed by atoms with Gasteiger partial charge in [0.25, 0.3) is 0 Å². The fraction of sp³-hybridized carbons (Fsp3) is 0.538. The molecule has 2 rings (SSSR count). The number of rotatable bonds is 3. The van der Waals surface area contributed by atoms with Gasteiger partial charge in [0, 0.05) is 23.9 Å². The monoisotopic (exact) mass is 273 g/mol. The Bertz CT molecular complexity index is 420. The van der Waals surface area contributed by atoms with Gasteiger partial charge in [0.15, 0.2) is 0 Å². The van der Waals surface area contributed by atoms with Crippen molar-refractivity contribution in [1.82, 2.24) is 5.32 Å². The van der Waals surface area contributed by atoms with E-state index in [0.717, 1.165) is 12.2 Å². The molecule has 17 heavy (non-hydrogen) atoms. The molecule has 1 aromatic carbocycles. The van der Waals surface area contributed by atoms with E-state index in [1.807, 2.05) is 13.1 Å². The molecule has 1 fully saturated rings. The molecule has 1 aliphatic carbocycles. The summed E-state index contributed by atoms with van der Waals surface area (Å²) in [4.78, 5) is 0. The highest BCUT2D eigenvalue weighted by atomic mass is 35.5. The Kier molecular flexibility index (Phi) is 3.58. The summed E-state index contributed by atoms with van der Waals surface area (Å²) in [5.74, 6) is 0.784. The van der Waals surface area contributed by atoms with Crippen LogP contribution < -0.4 is 10.1 Å². The van der Waals surface area contributed by atoms with Crippen LogP contribution in [0.2, 0.25) is 10.0 Å². The van der Waals surface area contributed by atoms with E-state index in [1.54, 1.807) is 12.1 Å². The third-order valence-corrected chi connectivity index (χ3v) is 4.43. The summed E-state index contributed by atoms with van der Waals surface area (Å²) in [7, 11) is 1.99. The van der Waals surface area contributed by atoms with Crippen LogP contribution in [0.25, 0.3) is 0 Å². The lowest BCUT2D eigenvalue weighted by Crippen LogP contribution is -2.61. The Morgan fingerprint density at radius 1 is 1.29 bits per heavy atom. The molecule has 94 valence electrons. The van der Waals surface area contributed by atoms with Crippen molar-refractivity contribution < 1.29 is 4.74 Å². The Balaban J connectivity index is 2.05. The molecule has 1 N–H and O–H groups in total. The van der Waals surface area contributed by atoms with Gasteiger partial charge in [-0.2, -0.15) is 0 Å². The number of benzene rings is 1. The Morgan fingerprint density at radius 2 is 2.00 bits per heavy atom. The molecule has 0 amide bonds. The van der Waals surface area contributed by atoms with Crippen molar-refractivity contribution >= 4 is 23.2 Å². The van der Waals surface area contributed by atoms with Gasteiger partial charge >= 0.3 is 0 Å². The summed E-state index contributed by atoms with van der Waals surface area (Å²) in [5.41, 5.74) is 0.140. The van der Waals surface area contributed by atoms with Crippen molar-refractivity contribution in [3.63, 3.8) is 0 Å². The molecule has 0 aliphatic heterocycles. The van der Waals surface area contributed by atoms with Gasteiger partial charge in [0.05, 0.1) is 10.0 Å². The van der Waals surface area contributed by atoms with E-state index in [2.05, 4.69) is 19.2 Å². The average Bonchev–Trinajstić information content (AvgIpc) is 2.28. The topological polar surface area (TPSA) is 21.3 Å². The zero-order valence-corrected chi connectivity index (χ0v) is 11.8. The highest BCUT2D eigenvalue weighted by Gasteiger charge is 2.49. The molecule has 0 aromatic heterocycles. The van der Waals surface area contributed by atoms with Crippen LogP contribution in [0, 0.1) is 5.41 Å². The predicted octanol–water partition coefficient (Wildman–Crippen LogP) is 3.76. The number of halogens is 2. The second-order valence-electron chi connectivity index (χ2n) is 5.08. The molecule has 4 heteroatoms. The lowest BCUT2D eigenvalue weighted by atomic mass is 9.64. The van der Waals surface area contributed by atoms with Crippen molar-refractivity contribution in [2.45, 2.75) is 32.4 Å². The Morgan fingerprint density at radius 3 is 2.53 bits per heavy atom. The molecule has 0 spiro atoms. The summed E-state index contributed by atoms with van der Waals surface area (Å²) in [6.07, 6.45) is 1.24. The zero-order valence-electron chi connectivity index (χ0n) is 10.3. The maximum absolute atomic E-state index is 5.96. The predicted molar refractivity (Wildman–Crippen MR) is 72.1 cm³/mol. The molecule has 1 aliphatic rings. The van der Waals surface area contributed by atoms with E-state index in [4.69, 9.17) is 27.9 Å². The molecular formula is C13H17Cl2NO. The van der Waals surface area contributed by atoms with E-state index in [-0.39, 0.29) is 11.5 Å². The van der Waals surface area contributed by atoms with Crippen LogP contribution in [0.15, 0.2) is 18.2 Å². The summed E-state index contributed by atoms with van der Waals surface area (Å²) < 4.78 is 5.95. The van der Waals surface area contributed by atoms with Crippen LogP contribution >= 0.6 is 23.2 Å².